The largest absolute Gasteiger partial charge is 0.497 e. The number of hydrogen-bond acceptors (Lipinski definition) is 4. The number of methoxy groups -OCH3 is 1. The lowest BCUT2D eigenvalue weighted by atomic mass is 10.2. The fourth-order valence-electron chi connectivity index (χ4n) is 1.90. The molecule has 2 aromatic rings. The summed E-state index contributed by atoms with van der Waals surface area (Å²) in [4.78, 5) is 5.15. The summed E-state index contributed by atoms with van der Waals surface area (Å²) in [5, 5.41) is 0. The highest BCUT2D eigenvalue weighted by Gasteiger charge is 2.09. The van der Waals surface area contributed by atoms with E-state index in [4.69, 9.17) is 10.5 Å². The molecule has 2 rings (SSSR count). The molecule has 20 heavy (non-hydrogen) atoms. The molecule has 106 valence electrons. The Morgan fingerprint density at radius 2 is 2.00 bits per heavy atom. The van der Waals surface area contributed by atoms with Gasteiger partial charge in [-0.2, -0.15) is 0 Å². The number of benzene rings is 1. The molecule has 1 heterocycles. The maximum absolute atomic E-state index is 12.4. The molecule has 0 saturated carbocycles. The van der Waals surface area contributed by atoms with Crippen LogP contribution in [-0.2, 0) is 16.6 Å². The maximum Gasteiger partial charge on any atom is 0.122 e. The predicted octanol–water partition coefficient (Wildman–Crippen LogP) is 2.60. The molecular weight excluding hydrogens is 272 g/mol. The van der Waals surface area contributed by atoms with E-state index in [1.165, 1.54) is 0 Å². The summed E-state index contributed by atoms with van der Waals surface area (Å²) < 4.78 is 17.6. The summed E-state index contributed by atoms with van der Waals surface area (Å²) in [7, 11) is 0.465. The number of nitrogens with zero attached hydrogens (tertiary/aromatic N) is 1. The molecule has 0 saturated heterocycles. The molecule has 5 heteroatoms. The zero-order valence-electron chi connectivity index (χ0n) is 11.8. The second-order valence-corrected chi connectivity index (χ2v) is 6.10. The van der Waals surface area contributed by atoms with Crippen molar-refractivity contribution in [2.75, 3.05) is 12.8 Å². The first-order chi connectivity index (χ1) is 9.49. The van der Waals surface area contributed by atoms with Crippen LogP contribution in [0.2, 0.25) is 0 Å². The van der Waals surface area contributed by atoms with Crippen LogP contribution in [0.4, 0.5) is 5.69 Å². The van der Waals surface area contributed by atoms with Gasteiger partial charge < -0.3 is 10.5 Å². The minimum absolute atomic E-state index is 0.362. The lowest BCUT2D eigenvalue weighted by Gasteiger charge is -2.07. The van der Waals surface area contributed by atoms with E-state index in [2.05, 4.69) is 4.98 Å². The minimum Gasteiger partial charge on any atom is -0.497 e. The number of anilines is 1. The van der Waals surface area contributed by atoms with Crippen molar-refractivity contribution in [3.63, 3.8) is 0 Å². The van der Waals surface area contributed by atoms with Gasteiger partial charge in [0.25, 0.3) is 0 Å². The van der Waals surface area contributed by atoms with Gasteiger partial charge >= 0.3 is 0 Å². The molecule has 1 unspecified atom stereocenters. The number of ether oxygens (including phenoxy) is 1. The summed E-state index contributed by atoms with van der Waals surface area (Å²) in [6.07, 6.45) is 0. The zero-order valence-corrected chi connectivity index (χ0v) is 12.7. The molecule has 0 radical (unpaired) electrons. The maximum atomic E-state index is 12.4. The van der Waals surface area contributed by atoms with E-state index in [0.717, 1.165) is 27.6 Å². The summed E-state index contributed by atoms with van der Waals surface area (Å²) in [5.41, 5.74) is 9.03. The SMILES string of the molecule is COc1cc(C)nc(CS(=O)c2ccc(N)c(C)c2)c1. The van der Waals surface area contributed by atoms with Crippen molar-refractivity contribution in [3.05, 3.63) is 47.3 Å². The van der Waals surface area contributed by atoms with Gasteiger partial charge in [0.05, 0.1) is 29.4 Å². The Labute approximate surface area is 121 Å². The highest BCUT2D eigenvalue weighted by atomic mass is 32.2. The van der Waals surface area contributed by atoms with Crippen LogP contribution in [0.1, 0.15) is 17.0 Å². The summed E-state index contributed by atoms with van der Waals surface area (Å²) in [6, 6.07) is 9.10. The molecule has 0 bridgehead atoms. The molecule has 2 N–H and O–H groups in total. The number of aryl methyl sites for hydroxylation is 2. The normalized spacial score (nSPS) is 12.2. The van der Waals surface area contributed by atoms with Crippen LogP contribution in [0, 0.1) is 13.8 Å². The second kappa shape index (κ2) is 6.05. The van der Waals surface area contributed by atoms with Gasteiger partial charge in [-0.05, 0) is 37.6 Å². The number of pyridine rings is 1. The third-order valence-electron chi connectivity index (χ3n) is 3.00. The van der Waals surface area contributed by atoms with Gasteiger partial charge in [0.15, 0.2) is 0 Å². The van der Waals surface area contributed by atoms with E-state index in [1.54, 1.807) is 19.2 Å². The first kappa shape index (κ1) is 14.5. The van der Waals surface area contributed by atoms with E-state index in [0.29, 0.717) is 11.4 Å². The van der Waals surface area contributed by atoms with Crippen LogP contribution in [0.15, 0.2) is 35.2 Å². The number of nitrogens with two attached hydrogens (primary N) is 1. The minimum atomic E-state index is -1.15. The van der Waals surface area contributed by atoms with Gasteiger partial charge in [0, 0.05) is 28.4 Å². The Hall–Kier alpha value is -1.88. The van der Waals surface area contributed by atoms with Gasteiger partial charge in [-0.3, -0.25) is 9.19 Å². The number of nitrogen functional groups attached to an aromatic ring is 1. The van der Waals surface area contributed by atoms with E-state index >= 15 is 0 Å². The monoisotopic (exact) mass is 290 g/mol. The molecule has 1 atom stereocenters. The Balaban J connectivity index is 2.23. The second-order valence-electron chi connectivity index (χ2n) is 4.65. The third kappa shape index (κ3) is 3.36. The molecule has 4 nitrogen and oxygen atoms in total. The molecule has 0 aliphatic rings. The Bertz CT molecular complexity index is 656. The number of aromatic nitrogens is 1. The zero-order chi connectivity index (χ0) is 14.7. The summed E-state index contributed by atoms with van der Waals surface area (Å²) in [5.74, 6) is 1.10. The Kier molecular flexibility index (Phi) is 4.39. The predicted molar refractivity (Wildman–Crippen MR) is 81.2 cm³/mol. The van der Waals surface area contributed by atoms with Crippen molar-refractivity contribution in [2.45, 2.75) is 24.5 Å². The standard InChI is InChI=1S/C15H18N2O2S/c1-10-6-14(4-5-15(10)16)20(18)9-12-8-13(19-3)7-11(2)17-12/h4-8H,9,16H2,1-3H3. The van der Waals surface area contributed by atoms with Crippen molar-refractivity contribution in [3.8, 4) is 5.75 Å². The van der Waals surface area contributed by atoms with Crippen molar-refractivity contribution in [1.82, 2.24) is 4.98 Å². The molecule has 0 aliphatic carbocycles. The van der Waals surface area contributed by atoms with Gasteiger partial charge in [-0.1, -0.05) is 0 Å². The fourth-order valence-corrected chi connectivity index (χ4v) is 3.01. The van der Waals surface area contributed by atoms with Gasteiger partial charge in [0.1, 0.15) is 5.75 Å². The first-order valence-corrected chi connectivity index (χ1v) is 7.57. The van der Waals surface area contributed by atoms with Crippen LogP contribution in [-0.4, -0.2) is 16.3 Å². The first-order valence-electron chi connectivity index (χ1n) is 6.25. The quantitative estimate of drug-likeness (QED) is 0.879. The van der Waals surface area contributed by atoms with E-state index in [-0.39, 0.29) is 0 Å². The van der Waals surface area contributed by atoms with Crippen molar-refractivity contribution in [2.24, 2.45) is 0 Å². The molecular formula is C15H18N2O2S. The van der Waals surface area contributed by atoms with Gasteiger partial charge in [-0.25, -0.2) is 0 Å². The van der Waals surface area contributed by atoms with Crippen LogP contribution >= 0.6 is 0 Å². The molecule has 0 fully saturated rings. The third-order valence-corrected chi connectivity index (χ3v) is 4.34. The molecule has 0 amide bonds. The van der Waals surface area contributed by atoms with Crippen LogP contribution in [0.5, 0.6) is 5.75 Å². The fraction of sp³-hybridized carbons (Fsp3) is 0.267. The summed E-state index contributed by atoms with van der Waals surface area (Å²) >= 11 is 0. The van der Waals surface area contributed by atoms with Crippen LogP contribution < -0.4 is 10.5 Å². The highest BCUT2D eigenvalue weighted by molar-refractivity contribution is 7.84. The number of hydrogen-bond donors (Lipinski definition) is 1. The van der Waals surface area contributed by atoms with Crippen LogP contribution in [0.3, 0.4) is 0 Å². The van der Waals surface area contributed by atoms with E-state index in [9.17, 15) is 4.21 Å². The summed E-state index contributed by atoms with van der Waals surface area (Å²) in [6.45, 7) is 3.80. The van der Waals surface area contributed by atoms with Crippen molar-refractivity contribution in [1.29, 1.82) is 0 Å². The van der Waals surface area contributed by atoms with Crippen molar-refractivity contribution < 1.29 is 8.95 Å². The molecule has 1 aromatic heterocycles. The van der Waals surface area contributed by atoms with Crippen molar-refractivity contribution >= 4 is 16.5 Å². The van der Waals surface area contributed by atoms with Gasteiger partial charge in [-0.15, -0.1) is 0 Å². The molecule has 0 spiro atoms. The molecule has 1 aromatic carbocycles. The van der Waals surface area contributed by atoms with E-state index < -0.39 is 10.8 Å². The van der Waals surface area contributed by atoms with E-state index in [1.807, 2.05) is 32.0 Å². The average Bonchev–Trinajstić information content (AvgIpc) is 2.41. The highest BCUT2D eigenvalue weighted by Crippen LogP contribution is 2.19. The van der Waals surface area contributed by atoms with Crippen LogP contribution in [0.25, 0.3) is 0 Å². The van der Waals surface area contributed by atoms with Gasteiger partial charge in [0.2, 0.25) is 0 Å². The molecule has 0 aliphatic heterocycles. The average molecular weight is 290 g/mol. The Morgan fingerprint density at radius 3 is 2.65 bits per heavy atom. The number of rotatable bonds is 4. The Morgan fingerprint density at radius 1 is 1.25 bits per heavy atom. The topological polar surface area (TPSA) is 65.2 Å². The lowest BCUT2D eigenvalue weighted by Crippen LogP contribution is -2.02. The smallest absolute Gasteiger partial charge is 0.122 e. The lowest BCUT2D eigenvalue weighted by molar-refractivity contribution is 0.413.